The lowest BCUT2D eigenvalue weighted by Gasteiger charge is -2.39. The van der Waals surface area contributed by atoms with Crippen molar-refractivity contribution in [1.82, 2.24) is 25.5 Å². The highest BCUT2D eigenvalue weighted by Gasteiger charge is 2.60. The molecule has 0 saturated carbocycles. The van der Waals surface area contributed by atoms with Crippen LogP contribution in [0.3, 0.4) is 0 Å². The van der Waals surface area contributed by atoms with Gasteiger partial charge < -0.3 is 78.5 Å². The van der Waals surface area contributed by atoms with Gasteiger partial charge in [-0.15, -0.1) is 5.06 Å². The number of amides is 6. The van der Waals surface area contributed by atoms with Crippen molar-refractivity contribution in [2.75, 3.05) is 39.4 Å². The standard InChI is InChI=1S/C36H51N3O11.C32H48N2O9.2CH4/c1-22(9-12-29-34(44)36(21-46-36)20-26(49-29)19-33(43)50-39-31(41)14-15-32(39)42)8-11-28-23(2)18-27(25(4)48-28)37-30(40)13-10-24(3)47-35(45)38-16-6-5-7-17-38;1-20(9-12-27-30(38)32(19-40-32)18-24(43-27)17-29(36)37)8-11-26-21(2)16-25(23(4)42-26)33-28(35)13-10-22(3)41-31(39)34-14-6-5-7-15-34;;/h8-10,12-13,23-29,34,44H,5-7,11,14-21H2,1-4H3,(H,37,40);8-10,12-13,21-27,30,38H,5-7,11,14-19H2,1-4H3,(H,33,35)(H,36,37);2*1H4/b12-9+,13-10-,22-8+;12-9+,13-10-,20-8+;;/t23-,24-,25+,26+,27+,28-,29+,34+,36+;21-,22-,23+,24+,25+,26-,27+,30+,32+;;/m00../s1. The lowest BCUT2D eigenvalue weighted by Crippen LogP contribution is -2.50. The third kappa shape index (κ3) is 22.6. The highest BCUT2D eigenvalue weighted by Crippen LogP contribution is 2.45. The van der Waals surface area contributed by atoms with Gasteiger partial charge in [-0.25, -0.2) is 14.4 Å². The number of nitrogens with one attached hydrogen (secondary N) is 2. The number of allylic oxidation sites excluding steroid dienone is 4. The molecule has 9 rings (SSSR count). The number of carboxylic acid groups (broad SMARTS) is 1. The van der Waals surface area contributed by atoms with E-state index in [1.165, 1.54) is 12.2 Å². The van der Waals surface area contributed by atoms with E-state index in [-0.39, 0.29) is 119 Å². The van der Waals surface area contributed by atoms with E-state index in [9.17, 15) is 48.6 Å². The molecule has 0 bridgehead atoms. The van der Waals surface area contributed by atoms with Crippen LogP contribution in [0.25, 0.3) is 0 Å². The number of hydroxylamine groups is 2. The number of aliphatic hydroxyl groups excluding tert-OH is 2. The average Bonchev–Trinajstić information content (AvgIpc) is 1.61. The Bertz CT molecular complexity index is 2800. The Labute approximate surface area is 560 Å². The first-order valence-electron chi connectivity index (χ1n) is 33.4. The molecule has 18 atom stereocenters. The van der Waals surface area contributed by atoms with Gasteiger partial charge in [-0.05, 0) is 130 Å². The number of rotatable bonds is 21. The van der Waals surface area contributed by atoms with Gasteiger partial charge in [0.25, 0.3) is 11.8 Å². The molecule has 9 aliphatic rings. The van der Waals surface area contributed by atoms with Crippen molar-refractivity contribution in [2.45, 2.75) is 270 Å². The summed E-state index contributed by atoms with van der Waals surface area (Å²) in [4.78, 5) is 106. The molecule has 9 saturated heterocycles. The van der Waals surface area contributed by atoms with Gasteiger partial charge >= 0.3 is 24.1 Å². The molecule has 0 aromatic rings. The lowest BCUT2D eigenvalue weighted by atomic mass is 9.87. The topological polar surface area (TPSA) is 321 Å². The van der Waals surface area contributed by atoms with E-state index in [2.05, 4.69) is 36.6 Å². The monoisotopic (exact) mass is 1340 g/mol. The molecule has 25 heteroatoms. The molecule has 0 aromatic carbocycles. The number of carbonyl (C=O) groups is 8. The summed E-state index contributed by atoms with van der Waals surface area (Å²) >= 11 is 0. The summed E-state index contributed by atoms with van der Waals surface area (Å²) in [5, 5.41) is 37.4. The predicted molar refractivity (Wildman–Crippen MR) is 350 cm³/mol. The van der Waals surface area contributed by atoms with E-state index in [1.807, 2.05) is 39.8 Å². The first-order valence-corrected chi connectivity index (χ1v) is 33.4. The van der Waals surface area contributed by atoms with Gasteiger partial charge in [0.05, 0.1) is 74.8 Å². The van der Waals surface area contributed by atoms with Crippen LogP contribution in [0.2, 0.25) is 0 Å². The minimum absolute atomic E-state index is 0. The summed E-state index contributed by atoms with van der Waals surface area (Å²) in [6.45, 7) is 19.1. The third-order valence-electron chi connectivity index (χ3n) is 18.9. The van der Waals surface area contributed by atoms with E-state index >= 15 is 0 Å². The van der Waals surface area contributed by atoms with Crippen LogP contribution >= 0.6 is 0 Å². The van der Waals surface area contributed by atoms with Crippen molar-refractivity contribution in [3.8, 4) is 0 Å². The van der Waals surface area contributed by atoms with Gasteiger partial charge in [-0.3, -0.25) is 24.0 Å². The summed E-state index contributed by atoms with van der Waals surface area (Å²) in [5.74, 6) is -2.95. The van der Waals surface area contributed by atoms with Crippen LogP contribution in [0.1, 0.15) is 173 Å². The molecule has 95 heavy (non-hydrogen) atoms. The van der Waals surface area contributed by atoms with Crippen molar-refractivity contribution < 1.29 is 96.4 Å². The number of epoxide rings is 2. The second-order valence-corrected chi connectivity index (χ2v) is 26.8. The van der Waals surface area contributed by atoms with E-state index in [0.29, 0.717) is 63.7 Å². The molecule has 0 aliphatic carbocycles. The normalized spacial score (nSPS) is 34.1. The Morgan fingerprint density at radius 3 is 1.37 bits per heavy atom. The molecule has 0 aromatic heterocycles. The summed E-state index contributed by atoms with van der Waals surface area (Å²) in [6.07, 6.45) is 20.3. The zero-order chi connectivity index (χ0) is 67.1. The number of ether oxygens (including phenoxy) is 8. The quantitative estimate of drug-likeness (QED) is 0.0316. The summed E-state index contributed by atoms with van der Waals surface area (Å²) < 4.78 is 46.5. The minimum atomic E-state index is -0.939. The molecule has 25 nitrogen and oxygen atoms in total. The molecular formula is C70H107N5O20. The van der Waals surface area contributed by atoms with E-state index < -0.39 is 83.8 Å². The number of hydrogen-bond donors (Lipinski definition) is 5. The summed E-state index contributed by atoms with van der Waals surface area (Å²) in [6, 6.07) is -0.307. The zero-order valence-electron chi connectivity index (χ0n) is 55.2. The van der Waals surface area contributed by atoms with Crippen LogP contribution < -0.4 is 10.6 Å². The van der Waals surface area contributed by atoms with Crippen molar-refractivity contribution in [1.29, 1.82) is 0 Å². The fourth-order valence-electron chi connectivity index (χ4n) is 13.0. The lowest BCUT2D eigenvalue weighted by molar-refractivity contribution is -0.202. The van der Waals surface area contributed by atoms with Crippen molar-refractivity contribution in [2.24, 2.45) is 11.8 Å². The molecule has 532 valence electrons. The Kier molecular flexibility index (Phi) is 29.3. The maximum atomic E-state index is 12.7. The number of nitrogens with zero attached hydrogens (tertiary/aromatic N) is 3. The maximum absolute atomic E-state index is 12.7. The number of likely N-dealkylation sites (tertiary alicyclic amines) is 2. The van der Waals surface area contributed by atoms with Crippen molar-refractivity contribution >= 4 is 47.8 Å². The number of imide groups is 1. The van der Waals surface area contributed by atoms with Gasteiger partial charge in [-0.2, -0.15) is 0 Å². The first-order chi connectivity index (χ1) is 44.3. The van der Waals surface area contributed by atoms with Gasteiger partial charge in [0, 0.05) is 64.0 Å². The molecule has 0 radical (unpaired) electrons. The Morgan fingerprint density at radius 1 is 0.600 bits per heavy atom. The highest BCUT2D eigenvalue weighted by molar-refractivity contribution is 6.01. The molecule has 0 unspecified atom stereocenters. The van der Waals surface area contributed by atoms with Gasteiger partial charge in [0.1, 0.15) is 47.8 Å². The molecule has 6 amide bonds. The van der Waals surface area contributed by atoms with Crippen LogP contribution in [0, 0.1) is 11.8 Å². The molecular weight excluding hydrogens is 1230 g/mol. The van der Waals surface area contributed by atoms with Crippen LogP contribution in [0.4, 0.5) is 9.59 Å². The molecule has 2 spiro atoms. The molecule has 5 N–H and O–H groups in total. The Balaban J connectivity index is 0.000000298. The maximum Gasteiger partial charge on any atom is 0.410 e. The summed E-state index contributed by atoms with van der Waals surface area (Å²) in [7, 11) is 0. The van der Waals surface area contributed by atoms with Gasteiger partial charge in [0.15, 0.2) is 0 Å². The number of hydrogen-bond acceptors (Lipinski definition) is 19. The molecule has 9 aliphatic heterocycles. The predicted octanol–water partition coefficient (Wildman–Crippen LogP) is 7.81. The third-order valence-corrected chi connectivity index (χ3v) is 18.9. The first kappa shape index (κ1) is 77.7. The van der Waals surface area contributed by atoms with Crippen LogP contribution in [0.5, 0.6) is 0 Å². The van der Waals surface area contributed by atoms with E-state index in [4.69, 9.17) is 47.8 Å². The Hall–Kier alpha value is -6.32. The zero-order valence-corrected chi connectivity index (χ0v) is 55.2. The number of aliphatic carboxylic acids is 1. The number of carboxylic acids is 1. The average molecular weight is 1340 g/mol. The van der Waals surface area contributed by atoms with E-state index in [0.717, 1.165) is 62.5 Å². The second kappa shape index (κ2) is 35.8. The van der Waals surface area contributed by atoms with Crippen molar-refractivity contribution in [3.63, 3.8) is 0 Å². The Morgan fingerprint density at radius 2 is 0.989 bits per heavy atom. The van der Waals surface area contributed by atoms with E-state index in [1.54, 1.807) is 48.0 Å². The SMILES string of the molecule is C.C.CC(/C=C/[C@H]1O[C@H](CC(=O)O)C[C@@]2(CO2)[C@@H]1O)=C\C[C@@H]1O[C@H](C)[C@H](NC(=O)/C=C\[C@H](C)OC(=O)N2CCCCC2)C[C@@H]1C.CC(/C=C/[C@H]1O[C@H](CC(=O)ON2C(=O)CCC2=O)C[C@@]2(CO2)[C@@H]1O)=C\C[C@@H]1O[C@H](C)[C@H](NC(=O)/C=C\[C@H](C)OC(=O)N2CCCCC2)C[C@@H]1C. The fourth-order valence-corrected chi connectivity index (χ4v) is 13.0. The number of aliphatic hydroxyl groups is 2. The van der Waals surface area contributed by atoms with Crippen LogP contribution in [-0.4, -0.2) is 214 Å². The highest BCUT2D eigenvalue weighted by atomic mass is 16.7. The van der Waals surface area contributed by atoms with Crippen LogP contribution in [-0.2, 0) is 71.5 Å². The smallest absolute Gasteiger partial charge is 0.410 e. The number of piperidine rings is 2. The molecule has 9 fully saturated rings. The minimum Gasteiger partial charge on any atom is -0.481 e. The fraction of sp³-hybridized carbons (Fsp3) is 0.714. The van der Waals surface area contributed by atoms with Crippen LogP contribution in [0.15, 0.2) is 71.9 Å². The second-order valence-electron chi connectivity index (χ2n) is 26.8. The van der Waals surface area contributed by atoms with Gasteiger partial charge in [0.2, 0.25) is 11.8 Å². The largest absolute Gasteiger partial charge is 0.481 e. The van der Waals surface area contributed by atoms with Gasteiger partial charge in [-0.1, -0.05) is 76.3 Å². The van der Waals surface area contributed by atoms with Crippen molar-refractivity contribution in [3.05, 3.63) is 71.9 Å². The number of carbonyl (C=O) groups excluding carboxylic acids is 7. The molecule has 9 heterocycles. The summed E-state index contributed by atoms with van der Waals surface area (Å²) in [5.41, 5.74) is 0.391.